The van der Waals surface area contributed by atoms with Crippen molar-refractivity contribution in [3.8, 4) is 5.75 Å². The number of piperazine rings is 1. The van der Waals surface area contributed by atoms with Gasteiger partial charge in [0, 0.05) is 31.6 Å². The van der Waals surface area contributed by atoms with Gasteiger partial charge in [0.15, 0.2) is 0 Å². The highest BCUT2D eigenvalue weighted by atomic mass is 35.5. The molecule has 1 aliphatic heterocycles. The van der Waals surface area contributed by atoms with E-state index in [2.05, 4.69) is 4.90 Å². The van der Waals surface area contributed by atoms with Crippen molar-refractivity contribution in [2.75, 3.05) is 38.2 Å². The van der Waals surface area contributed by atoms with Gasteiger partial charge in [0.1, 0.15) is 11.6 Å². The minimum atomic E-state index is 0.00150. The van der Waals surface area contributed by atoms with Crippen molar-refractivity contribution in [3.05, 3.63) is 65.2 Å². The number of ether oxygens (including phenoxy) is 1. The van der Waals surface area contributed by atoms with E-state index in [4.69, 9.17) is 21.3 Å². The van der Waals surface area contributed by atoms with Gasteiger partial charge in [-0.1, -0.05) is 35.9 Å². The summed E-state index contributed by atoms with van der Waals surface area (Å²) in [4.78, 5) is 21.6. The topological polar surface area (TPSA) is 45.7 Å². The molecule has 2 heterocycles. The molecular weight excluding hydrogens is 362 g/mol. The fraction of sp³-hybridized carbons (Fsp3) is 0.238. The largest absolute Gasteiger partial charge is 0.496 e. The molecule has 1 saturated heterocycles. The number of nitrogens with zero attached hydrogens (tertiary/aromatic N) is 3. The zero-order valence-corrected chi connectivity index (χ0v) is 15.8. The Morgan fingerprint density at radius 3 is 2.56 bits per heavy atom. The molecule has 1 amide bonds. The summed E-state index contributed by atoms with van der Waals surface area (Å²) in [7, 11) is 1.58. The number of amides is 1. The summed E-state index contributed by atoms with van der Waals surface area (Å²) in [6, 6.07) is 17.2. The van der Waals surface area contributed by atoms with Gasteiger partial charge in [0.2, 0.25) is 0 Å². The van der Waals surface area contributed by atoms with E-state index >= 15 is 0 Å². The molecule has 138 valence electrons. The minimum absolute atomic E-state index is 0.00150. The number of rotatable bonds is 3. The Morgan fingerprint density at radius 2 is 1.78 bits per heavy atom. The van der Waals surface area contributed by atoms with Crippen LogP contribution in [0.4, 0.5) is 5.82 Å². The number of aromatic nitrogens is 1. The first kappa shape index (κ1) is 17.6. The van der Waals surface area contributed by atoms with Crippen LogP contribution < -0.4 is 9.64 Å². The molecule has 3 aromatic rings. The van der Waals surface area contributed by atoms with Crippen molar-refractivity contribution >= 4 is 34.2 Å². The summed E-state index contributed by atoms with van der Waals surface area (Å²) in [5.41, 5.74) is 1.41. The monoisotopic (exact) mass is 381 g/mol. The van der Waals surface area contributed by atoms with E-state index in [-0.39, 0.29) is 5.91 Å². The highest BCUT2D eigenvalue weighted by Gasteiger charge is 2.24. The second-order valence-corrected chi connectivity index (χ2v) is 6.87. The van der Waals surface area contributed by atoms with Crippen LogP contribution >= 0.6 is 11.6 Å². The number of pyridine rings is 1. The lowest BCUT2D eigenvalue weighted by molar-refractivity contribution is 0.0743. The highest BCUT2D eigenvalue weighted by molar-refractivity contribution is 6.35. The summed E-state index contributed by atoms with van der Waals surface area (Å²) in [5, 5.41) is 1.68. The lowest BCUT2D eigenvalue weighted by atomic mass is 10.1. The quantitative estimate of drug-likeness (QED) is 0.691. The van der Waals surface area contributed by atoms with Gasteiger partial charge in [-0.2, -0.15) is 0 Å². The van der Waals surface area contributed by atoms with Gasteiger partial charge in [-0.25, -0.2) is 4.98 Å². The Balaban J connectivity index is 1.49. The maximum absolute atomic E-state index is 12.8. The van der Waals surface area contributed by atoms with Crippen molar-refractivity contribution in [2.24, 2.45) is 0 Å². The van der Waals surface area contributed by atoms with Crippen molar-refractivity contribution in [3.63, 3.8) is 0 Å². The smallest absolute Gasteiger partial charge is 0.257 e. The molecule has 0 aliphatic carbocycles. The minimum Gasteiger partial charge on any atom is -0.496 e. The van der Waals surface area contributed by atoms with Gasteiger partial charge in [-0.3, -0.25) is 4.79 Å². The fourth-order valence-corrected chi connectivity index (χ4v) is 3.63. The maximum atomic E-state index is 12.8. The number of benzene rings is 2. The molecule has 5 nitrogen and oxygen atoms in total. The molecule has 0 bridgehead atoms. The zero-order valence-electron chi connectivity index (χ0n) is 15.1. The van der Waals surface area contributed by atoms with E-state index in [1.165, 1.54) is 0 Å². The van der Waals surface area contributed by atoms with E-state index in [0.717, 1.165) is 29.8 Å². The van der Waals surface area contributed by atoms with Crippen molar-refractivity contribution < 1.29 is 9.53 Å². The Kier molecular flexibility index (Phi) is 4.86. The van der Waals surface area contributed by atoms with Crippen LogP contribution in [0.15, 0.2) is 54.6 Å². The normalized spacial score (nSPS) is 14.4. The first-order chi connectivity index (χ1) is 13.2. The molecule has 0 unspecified atom stereocenters. The maximum Gasteiger partial charge on any atom is 0.257 e. The van der Waals surface area contributed by atoms with Gasteiger partial charge in [-0.15, -0.1) is 0 Å². The number of hydrogen-bond donors (Lipinski definition) is 0. The van der Waals surface area contributed by atoms with Crippen molar-refractivity contribution in [1.29, 1.82) is 0 Å². The number of halogens is 1. The third-order valence-electron chi connectivity index (χ3n) is 4.88. The average molecular weight is 382 g/mol. The predicted molar refractivity (Wildman–Crippen MR) is 108 cm³/mol. The highest BCUT2D eigenvalue weighted by Crippen LogP contribution is 2.26. The molecular formula is C21H20ClN3O2. The molecule has 27 heavy (non-hydrogen) atoms. The first-order valence-electron chi connectivity index (χ1n) is 8.90. The second-order valence-electron chi connectivity index (χ2n) is 6.46. The molecule has 0 atom stereocenters. The average Bonchev–Trinajstić information content (AvgIpc) is 2.73. The van der Waals surface area contributed by atoms with Crippen LogP contribution in [0.5, 0.6) is 5.75 Å². The van der Waals surface area contributed by atoms with Crippen LogP contribution in [-0.4, -0.2) is 49.1 Å². The third kappa shape index (κ3) is 3.43. The van der Waals surface area contributed by atoms with Gasteiger partial charge in [-0.05, 0) is 30.3 Å². The Hall–Kier alpha value is -2.79. The lowest BCUT2D eigenvalue weighted by Crippen LogP contribution is -2.49. The summed E-state index contributed by atoms with van der Waals surface area (Å²) < 4.78 is 5.32. The molecule has 1 aromatic heterocycles. The molecule has 2 aromatic carbocycles. The number of methoxy groups -OCH3 is 1. The number of anilines is 1. The van der Waals surface area contributed by atoms with Crippen molar-refractivity contribution in [2.45, 2.75) is 0 Å². The van der Waals surface area contributed by atoms with E-state index in [0.29, 0.717) is 29.4 Å². The van der Waals surface area contributed by atoms with Gasteiger partial charge < -0.3 is 14.5 Å². The van der Waals surface area contributed by atoms with Crippen LogP contribution in [0.25, 0.3) is 10.9 Å². The number of hydrogen-bond acceptors (Lipinski definition) is 4. The molecule has 0 spiro atoms. The number of carbonyl (C=O) groups is 1. The number of carbonyl (C=O) groups excluding carboxylic acids is 1. The molecule has 6 heteroatoms. The van der Waals surface area contributed by atoms with Crippen LogP contribution in [0.1, 0.15) is 10.4 Å². The Bertz CT molecular complexity index is 984. The van der Waals surface area contributed by atoms with Crippen molar-refractivity contribution in [1.82, 2.24) is 9.88 Å². The molecule has 1 fully saturated rings. The van der Waals surface area contributed by atoms with Crippen LogP contribution in [0.2, 0.25) is 5.02 Å². The van der Waals surface area contributed by atoms with Crippen LogP contribution in [0.3, 0.4) is 0 Å². The summed E-state index contributed by atoms with van der Waals surface area (Å²) in [5.74, 6) is 1.50. The summed E-state index contributed by atoms with van der Waals surface area (Å²) in [6.07, 6.45) is 0. The Morgan fingerprint density at radius 1 is 1.00 bits per heavy atom. The van der Waals surface area contributed by atoms with E-state index < -0.39 is 0 Å². The second kappa shape index (κ2) is 7.45. The van der Waals surface area contributed by atoms with Gasteiger partial charge in [0.05, 0.1) is 23.2 Å². The fourth-order valence-electron chi connectivity index (χ4n) is 3.41. The van der Waals surface area contributed by atoms with Crippen LogP contribution in [-0.2, 0) is 0 Å². The molecule has 0 N–H and O–H groups in total. The first-order valence-corrected chi connectivity index (χ1v) is 9.27. The SMILES string of the molecule is COc1ccccc1C(=O)N1CCN(c2ccc3cccc(Cl)c3n2)CC1. The standard InChI is InChI=1S/C21H20ClN3O2/c1-27-18-8-3-2-6-16(18)21(26)25-13-11-24(12-14-25)19-10-9-15-5-4-7-17(22)20(15)23-19/h2-10H,11-14H2,1H3. The molecule has 0 saturated carbocycles. The summed E-state index contributed by atoms with van der Waals surface area (Å²) >= 11 is 6.28. The predicted octanol–water partition coefficient (Wildman–Crippen LogP) is 3.86. The van der Waals surface area contributed by atoms with E-state index in [1.54, 1.807) is 13.2 Å². The lowest BCUT2D eigenvalue weighted by Gasteiger charge is -2.35. The van der Waals surface area contributed by atoms with Gasteiger partial charge >= 0.3 is 0 Å². The third-order valence-corrected chi connectivity index (χ3v) is 5.19. The molecule has 1 aliphatic rings. The number of fused-ring (bicyclic) bond motifs is 1. The van der Waals surface area contributed by atoms with Gasteiger partial charge in [0.25, 0.3) is 5.91 Å². The van der Waals surface area contributed by atoms with Crippen LogP contribution in [0, 0.1) is 0 Å². The van der Waals surface area contributed by atoms with E-state index in [1.807, 2.05) is 53.4 Å². The number of para-hydroxylation sites is 2. The van der Waals surface area contributed by atoms with E-state index in [9.17, 15) is 4.79 Å². The zero-order chi connectivity index (χ0) is 18.8. The molecule has 4 rings (SSSR count). The summed E-state index contributed by atoms with van der Waals surface area (Å²) in [6.45, 7) is 2.73. The molecule has 0 radical (unpaired) electrons. The Labute approximate surface area is 163 Å².